The van der Waals surface area contributed by atoms with E-state index in [0.29, 0.717) is 10.9 Å². The molecule has 0 aromatic carbocycles. The Labute approximate surface area is 119 Å². The zero-order valence-corrected chi connectivity index (χ0v) is 12.5. The first kappa shape index (κ1) is 14.0. The summed E-state index contributed by atoms with van der Waals surface area (Å²) >= 11 is 3.04. The Hall–Kier alpha value is -1.47. The molecule has 0 amide bonds. The molecule has 0 aliphatic heterocycles. The fourth-order valence-electron chi connectivity index (χ4n) is 1.59. The number of carbonyl (C=O) groups is 1. The van der Waals surface area contributed by atoms with E-state index in [4.69, 9.17) is 10.2 Å². The van der Waals surface area contributed by atoms with E-state index in [9.17, 15) is 4.79 Å². The molecule has 0 unspecified atom stereocenters. The molecular weight excluding hydrogens is 284 g/mol. The molecule has 0 saturated heterocycles. The molecule has 2 heterocycles. The molecule has 0 atom stereocenters. The van der Waals surface area contributed by atoms with Gasteiger partial charge in [-0.05, 0) is 19.9 Å². The fraction of sp³-hybridized carbons (Fsp3) is 0.333. The number of anilines is 1. The van der Waals surface area contributed by atoms with Crippen molar-refractivity contribution in [3.63, 3.8) is 0 Å². The van der Waals surface area contributed by atoms with Gasteiger partial charge in [-0.2, -0.15) is 0 Å². The second kappa shape index (κ2) is 5.66. The lowest BCUT2D eigenvalue weighted by atomic mass is 10.3. The van der Waals surface area contributed by atoms with Crippen molar-refractivity contribution in [2.75, 3.05) is 12.8 Å². The van der Waals surface area contributed by atoms with Crippen molar-refractivity contribution in [1.82, 2.24) is 4.98 Å². The van der Waals surface area contributed by atoms with Crippen LogP contribution in [-0.4, -0.2) is 18.1 Å². The summed E-state index contributed by atoms with van der Waals surface area (Å²) in [5.74, 6) is 1.17. The zero-order valence-electron chi connectivity index (χ0n) is 10.9. The maximum absolute atomic E-state index is 11.4. The first-order valence-electron chi connectivity index (χ1n) is 5.54. The highest BCUT2D eigenvalue weighted by molar-refractivity contribution is 8.00. The van der Waals surface area contributed by atoms with Crippen molar-refractivity contribution in [3.05, 3.63) is 28.8 Å². The lowest BCUT2D eigenvalue weighted by Gasteiger charge is -1.97. The molecule has 0 bridgehead atoms. The maximum Gasteiger partial charge on any atom is 0.374 e. The number of nitrogen functional groups attached to an aromatic ring is 1. The molecule has 102 valence electrons. The van der Waals surface area contributed by atoms with E-state index in [-0.39, 0.29) is 5.76 Å². The molecule has 2 rings (SSSR count). The molecule has 2 N–H and O–H groups in total. The molecule has 0 fully saturated rings. The van der Waals surface area contributed by atoms with Gasteiger partial charge in [0.05, 0.1) is 22.8 Å². The van der Waals surface area contributed by atoms with Crippen molar-refractivity contribution >= 4 is 34.2 Å². The van der Waals surface area contributed by atoms with Gasteiger partial charge in [-0.3, -0.25) is 0 Å². The summed E-state index contributed by atoms with van der Waals surface area (Å²) in [4.78, 5) is 15.6. The summed E-state index contributed by atoms with van der Waals surface area (Å²) in [6, 6.07) is 1.85. The van der Waals surface area contributed by atoms with Gasteiger partial charge >= 0.3 is 5.97 Å². The average molecular weight is 298 g/mol. The molecule has 19 heavy (non-hydrogen) atoms. The maximum atomic E-state index is 11.4. The van der Waals surface area contributed by atoms with E-state index in [2.05, 4.69) is 9.72 Å². The predicted molar refractivity (Wildman–Crippen MR) is 75.6 cm³/mol. The van der Waals surface area contributed by atoms with Crippen LogP contribution in [0.25, 0.3) is 0 Å². The van der Waals surface area contributed by atoms with E-state index in [1.54, 1.807) is 11.8 Å². The number of hydrogen-bond donors (Lipinski definition) is 1. The number of hydrogen-bond acceptors (Lipinski definition) is 7. The molecule has 0 spiro atoms. The van der Waals surface area contributed by atoms with Gasteiger partial charge < -0.3 is 14.9 Å². The lowest BCUT2D eigenvalue weighted by Crippen LogP contribution is -2.00. The number of thioether (sulfide) groups is 1. The highest BCUT2D eigenvalue weighted by Gasteiger charge is 2.16. The molecule has 0 saturated carbocycles. The van der Waals surface area contributed by atoms with Gasteiger partial charge in [0.1, 0.15) is 5.76 Å². The molecular formula is C12H14N2O3S2. The van der Waals surface area contributed by atoms with Gasteiger partial charge in [-0.1, -0.05) is 11.3 Å². The van der Waals surface area contributed by atoms with Crippen LogP contribution in [-0.2, 0) is 10.5 Å². The van der Waals surface area contributed by atoms with Crippen LogP contribution in [0.5, 0.6) is 0 Å². The van der Waals surface area contributed by atoms with Gasteiger partial charge in [-0.15, -0.1) is 11.8 Å². The van der Waals surface area contributed by atoms with Crippen molar-refractivity contribution in [2.24, 2.45) is 0 Å². The molecule has 0 aliphatic carbocycles. The minimum atomic E-state index is -0.452. The lowest BCUT2D eigenvalue weighted by molar-refractivity contribution is 0.0562. The van der Waals surface area contributed by atoms with Crippen molar-refractivity contribution in [1.29, 1.82) is 0 Å². The Morgan fingerprint density at radius 3 is 2.89 bits per heavy atom. The summed E-state index contributed by atoms with van der Waals surface area (Å²) in [6.45, 7) is 3.74. The molecule has 2 aromatic rings. The number of aryl methyl sites for hydroxylation is 2. The average Bonchev–Trinajstić information content (AvgIpc) is 2.88. The minimum absolute atomic E-state index is 0.263. The largest absolute Gasteiger partial charge is 0.463 e. The van der Waals surface area contributed by atoms with Crippen LogP contribution in [0.3, 0.4) is 0 Å². The second-order valence-corrected chi connectivity index (χ2v) is 6.20. The number of nitrogens with zero attached hydrogens (tertiary/aromatic N) is 1. The van der Waals surface area contributed by atoms with Crippen molar-refractivity contribution in [2.45, 2.75) is 23.8 Å². The number of ether oxygens (including phenoxy) is 1. The summed E-state index contributed by atoms with van der Waals surface area (Å²) in [5, 5.41) is 0.561. The first-order valence-corrected chi connectivity index (χ1v) is 7.34. The van der Waals surface area contributed by atoms with E-state index in [1.807, 2.05) is 19.9 Å². The van der Waals surface area contributed by atoms with Crippen LogP contribution in [0.4, 0.5) is 5.13 Å². The number of thiazole rings is 1. The SMILES string of the molecule is COC(=O)c1oc(CSc2sc(N)nc2C)cc1C. The Morgan fingerprint density at radius 1 is 1.58 bits per heavy atom. The number of carbonyl (C=O) groups excluding carboxylic acids is 1. The minimum Gasteiger partial charge on any atom is -0.463 e. The summed E-state index contributed by atoms with van der Waals surface area (Å²) in [7, 11) is 1.34. The third kappa shape index (κ3) is 3.10. The number of esters is 1. The first-order chi connectivity index (χ1) is 9.01. The number of methoxy groups -OCH3 is 1. The van der Waals surface area contributed by atoms with Crippen LogP contribution in [0.15, 0.2) is 14.7 Å². The number of furan rings is 1. The van der Waals surface area contributed by atoms with Crippen LogP contribution in [0.2, 0.25) is 0 Å². The fourth-order valence-corrected chi connectivity index (χ4v) is 3.49. The Bertz CT molecular complexity index is 604. The highest BCUT2D eigenvalue weighted by atomic mass is 32.2. The molecule has 7 heteroatoms. The Morgan fingerprint density at radius 2 is 2.32 bits per heavy atom. The van der Waals surface area contributed by atoms with Crippen LogP contribution >= 0.6 is 23.1 Å². The van der Waals surface area contributed by atoms with E-state index in [1.165, 1.54) is 18.4 Å². The molecule has 5 nitrogen and oxygen atoms in total. The number of nitrogens with two attached hydrogens (primary N) is 1. The third-order valence-electron chi connectivity index (χ3n) is 2.46. The standard InChI is InChI=1S/C12H14N2O3S2/c1-6-4-8(17-9(6)10(15)16-3)5-18-11-7(2)14-12(13)19-11/h4H,5H2,1-3H3,(H2,13,14). The van der Waals surface area contributed by atoms with Crippen LogP contribution in [0.1, 0.15) is 27.6 Å². The monoisotopic (exact) mass is 298 g/mol. The van der Waals surface area contributed by atoms with Gasteiger partial charge in [0, 0.05) is 5.56 Å². The smallest absolute Gasteiger partial charge is 0.374 e. The number of rotatable bonds is 4. The zero-order chi connectivity index (χ0) is 14.0. The van der Waals surface area contributed by atoms with Crippen molar-refractivity contribution in [3.8, 4) is 0 Å². The molecule has 2 aromatic heterocycles. The normalized spacial score (nSPS) is 10.7. The van der Waals surface area contributed by atoms with E-state index >= 15 is 0 Å². The quantitative estimate of drug-likeness (QED) is 0.690. The van der Waals surface area contributed by atoms with E-state index < -0.39 is 5.97 Å². The van der Waals surface area contributed by atoms with Gasteiger partial charge in [0.2, 0.25) is 5.76 Å². The van der Waals surface area contributed by atoms with Gasteiger partial charge in [0.15, 0.2) is 5.13 Å². The van der Waals surface area contributed by atoms with Crippen LogP contribution < -0.4 is 5.73 Å². The van der Waals surface area contributed by atoms with Crippen molar-refractivity contribution < 1.29 is 13.9 Å². The molecule has 0 aliphatic rings. The highest BCUT2D eigenvalue weighted by Crippen LogP contribution is 2.33. The second-order valence-electron chi connectivity index (χ2n) is 3.93. The van der Waals surface area contributed by atoms with Gasteiger partial charge in [-0.25, -0.2) is 9.78 Å². The predicted octanol–water partition coefficient (Wildman–Crippen LogP) is 3.01. The summed E-state index contributed by atoms with van der Waals surface area (Å²) in [5.41, 5.74) is 7.34. The Kier molecular flexibility index (Phi) is 4.16. The van der Waals surface area contributed by atoms with Gasteiger partial charge in [0.25, 0.3) is 0 Å². The topological polar surface area (TPSA) is 78.3 Å². The summed E-state index contributed by atoms with van der Waals surface area (Å²) < 4.78 is 11.2. The Balaban J connectivity index is 2.08. The number of aromatic nitrogens is 1. The summed E-state index contributed by atoms with van der Waals surface area (Å²) in [6.07, 6.45) is 0. The third-order valence-corrected chi connectivity index (χ3v) is 4.83. The van der Waals surface area contributed by atoms with Crippen LogP contribution in [0, 0.1) is 13.8 Å². The van der Waals surface area contributed by atoms with E-state index in [0.717, 1.165) is 21.2 Å². The molecule has 0 radical (unpaired) electrons.